The quantitative estimate of drug-likeness (QED) is 0.624. The Morgan fingerprint density at radius 3 is 2.38 bits per heavy atom. The summed E-state index contributed by atoms with van der Waals surface area (Å²) in [6, 6.07) is 4.93. The standard InChI is InChI=1S/C17H25N3O4/c1-5-24-15-12-13(6-7-14(15)20(22)23)18-8-10-19(11-9-18)16(21)17(2,3)4/h6-7,12H,5,8-11H2,1-4H3. The summed E-state index contributed by atoms with van der Waals surface area (Å²) in [4.78, 5) is 27.0. The fraction of sp³-hybridized carbons (Fsp3) is 0.588. The van der Waals surface area contributed by atoms with Gasteiger partial charge < -0.3 is 14.5 Å². The molecule has 1 fully saturated rings. The van der Waals surface area contributed by atoms with Gasteiger partial charge in [-0.15, -0.1) is 0 Å². The van der Waals surface area contributed by atoms with Crippen LogP contribution in [0.3, 0.4) is 0 Å². The normalized spacial score (nSPS) is 15.3. The van der Waals surface area contributed by atoms with E-state index < -0.39 is 4.92 Å². The molecule has 7 heteroatoms. The highest BCUT2D eigenvalue weighted by atomic mass is 16.6. The molecule has 2 rings (SSSR count). The number of carbonyl (C=O) groups excluding carboxylic acids is 1. The molecule has 0 atom stereocenters. The van der Waals surface area contributed by atoms with E-state index in [0.29, 0.717) is 32.8 Å². The predicted molar refractivity (Wildman–Crippen MR) is 92.5 cm³/mol. The lowest BCUT2D eigenvalue weighted by Gasteiger charge is -2.38. The molecule has 1 aliphatic rings. The van der Waals surface area contributed by atoms with Crippen LogP contribution in [0, 0.1) is 15.5 Å². The minimum atomic E-state index is -0.436. The fourth-order valence-electron chi connectivity index (χ4n) is 2.76. The van der Waals surface area contributed by atoms with Crippen molar-refractivity contribution < 1.29 is 14.5 Å². The molecule has 1 aromatic carbocycles. The summed E-state index contributed by atoms with van der Waals surface area (Å²) >= 11 is 0. The zero-order valence-corrected chi connectivity index (χ0v) is 14.7. The van der Waals surface area contributed by atoms with Gasteiger partial charge in [0.2, 0.25) is 5.91 Å². The number of nitro groups is 1. The second-order valence-corrected chi connectivity index (χ2v) is 6.87. The van der Waals surface area contributed by atoms with Crippen LogP contribution >= 0.6 is 0 Å². The monoisotopic (exact) mass is 335 g/mol. The van der Waals surface area contributed by atoms with Crippen LogP contribution < -0.4 is 9.64 Å². The van der Waals surface area contributed by atoms with E-state index in [9.17, 15) is 14.9 Å². The molecule has 0 aliphatic carbocycles. The Balaban J connectivity index is 2.10. The lowest BCUT2D eigenvalue weighted by Crippen LogP contribution is -2.51. The van der Waals surface area contributed by atoms with Crippen molar-refractivity contribution in [3.05, 3.63) is 28.3 Å². The average molecular weight is 335 g/mol. The van der Waals surface area contributed by atoms with Gasteiger partial charge in [0, 0.05) is 49.4 Å². The maximum absolute atomic E-state index is 12.3. The summed E-state index contributed by atoms with van der Waals surface area (Å²) in [5, 5.41) is 11.1. The molecule has 0 aromatic heterocycles. The fourth-order valence-corrected chi connectivity index (χ4v) is 2.76. The number of rotatable bonds is 4. The zero-order valence-electron chi connectivity index (χ0n) is 14.7. The summed E-state index contributed by atoms with van der Waals surface area (Å²) in [5.41, 5.74) is 0.478. The molecule has 1 saturated heterocycles. The molecular weight excluding hydrogens is 310 g/mol. The Bertz CT molecular complexity index is 617. The van der Waals surface area contributed by atoms with Crippen molar-refractivity contribution >= 4 is 17.3 Å². The smallest absolute Gasteiger partial charge is 0.311 e. The first kappa shape index (κ1) is 18.0. The molecule has 132 valence electrons. The highest BCUT2D eigenvalue weighted by Crippen LogP contribution is 2.32. The third-order valence-corrected chi connectivity index (χ3v) is 4.01. The van der Waals surface area contributed by atoms with Gasteiger partial charge in [0.15, 0.2) is 5.75 Å². The van der Waals surface area contributed by atoms with Gasteiger partial charge >= 0.3 is 5.69 Å². The maximum atomic E-state index is 12.3. The van der Waals surface area contributed by atoms with E-state index in [0.717, 1.165) is 5.69 Å². The minimum absolute atomic E-state index is 0.0258. The third-order valence-electron chi connectivity index (χ3n) is 4.01. The van der Waals surface area contributed by atoms with E-state index in [1.165, 1.54) is 6.07 Å². The van der Waals surface area contributed by atoms with Crippen LogP contribution in [0.15, 0.2) is 18.2 Å². The second kappa shape index (κ2) is 7.07. The lowest BCUT2D eigenvalue weighted by molar-refractivity contribution is -0.385. The SMILES string of the molecule is CCOc1cc(N2CCN(C(=O)C(C)(C)C)CC2)ccc1[N+](=O)[O-]. The van der Waals surface area contributed by atoms with Gasteiger partial charge in [-0.25, -0.2) is 0 Å². The van der Waals surface area contributed by atoms with E-state index in [-0.39, 0.29) is 22.8 Å². The number of piperazine rings is 1. The molecule has 0 saturated carbocycles. The highest BCUT2D eigenvalue weighted by Gasteiger charge is 2.30. The minimum Gasteiger partial charge on any atom is -0.487 e. The van der Waals surface area contributed by atoms with Crippen LogP contribution in [0.5, 0.6) is 5.75 Å². The largest absolute Gasteiger partial charge is 0.487 e. The number of carbonyl (C=O) groups is 1. The average Bonchev–Trinajstić information content (AvgIpc) is 2.53. The number of nitro benzene ring substituents is 1. The van der Waals surface area contributed by atoms with Gasteiger partial charge in [-0.3, -0.25) is 14.9 Å². The molecule has 0 spiro atoms. The molecular formula is C17H25N3O4. The Hall–Kier alpha value is -2.31. The van der Waals surface area contributed by atoms with Crippen LogP contribution in [0.25, 0.3) is 0 Å². The van der Waals surface area contributed by atoms with E-state index >= 15 is 0 Å². The van der Waals surface area contributed by atoms with Crippen molar-refractivity contribution in [2.45, 2.75) is 27.7 Å². The summed E-state index contributed by atoms with van der Waals surface area (Å²) in [6.07, 6.45) is 0. The third kappa shape index (κ3) is 3.96. The Morgan fingerprint density at radius 1 is 1.25 bits per heavy atom. The van der Waals surface area contributed by atoms with Gasteiger partial charge in [-0.1, -0.05) is 20.8 Å². The molecule has 1 heterocycles. The molecule has 24 heavy (non-hydrogen) atoms. The second-order valence-electron chi connectivity index (χ2n) is 6.87. The van der Waals surface area contributed by atoms with E-state index in [1.54, 1.807) is 19.1 Å². The van der Waals surface area contributed by atoms with Crippen LogP contribution in [-0.2, 0) is 4.79 Å². The van der Waals surface area contributed by atoms with E-state index in [2.05, 4.69) is 4.90 Å². The van der Waals surface area contributed by atoms with E-state index in [1.807, 2.05) is 25.7 Å². The number of benzene rings is 1. The molecule has 0 radical (unpaired) electrons. The summed E-state index contributed by atoms with van der Waals surface area (Å²) < 4.78 is 5.40. The van der Waals surface area contributed by atoms with Gasteiger partial charge in [0.1, 0.15) is 0 Å². The molecule has 1 aliphatic heterocycles. The van der Waals surface area contributed by atoms with Crippen molar-refractivity contribution in [1.29, 1.82) is 0 Å². The maximum Gasteiger partial charge on any atom is 0.311 e. The van der Waals surface area contributed by atoms with Gasteiger partial charge in [-0.2, -0.15) is 0 Å². The van der Waals surface area contributed by atoms with Crippen molar-refractivity contribution in [3.63, 3.8) is 0 Å². The number of hydrogen-bond donors (Lipinski definition) is 0. The lowest BCUT2D eigenvalue weighted by atomic mass is 9.94. The molecule has 1 amide bonds. The van der Waals surface area contributed by atoms with Crippen molar-refractivity contribution in [1.82, 2.24) is 4.90 Å². The summed E-state index contributed by atoms with van der Waals surface area (Å²) in [5.74, 6) is 0.439. The highest BCUT2D eigenvalue weighted by molar-refractivity contribution is 5.81. The van der Waals surface area contributed by atoms with Crippen LogP contribution in [0.1, 0.15) is 27.7 Å². The zero-order chi connectivity index (χ0) is 17.9. The van der Waals surface area contributed by atoms with Crippen LogP contribution in [-0.4, -0.2) is 48.5 Å². The van der Waals surface area contributed by atoms with Crippen molar-refractivity contribution in [3.8, 4) is 5.75 Å². The Kier molecular flexibility index (Phi) is 5.31. The van der Waals surface area contributed by atoms with Gasteiger partial charge in [-0.05, 0) is 13.0 Å². The first-order valence-corrected chi connectivity index (χ1v) is 8.19. The number of nitrogens with zero attached hydrogens (tertiary/aromatic N) is 3. The van der Waals surface area contributed by atoms with Gasteiger partial charge in [0.05, 0.1) is 11.5 Å². The van der Waals surface area contributed by atoms with Crippen LogP contribution in [0.4, 0.5) is 11.4 Å². The number of hydrogen-bond acceptors (Lipinski definition) is 5. The molecule has 0 bridgehead atoms. The number of amides is 1. The first-order valence-electron chi connectivity index (χ1n) is 8.19. The molecule has 0 unspecified atom stereocenters. The van der Waals surface area contributed by atoms with Crippen molar-refractivity contribution in [2.75, 3.05) is 37.7 Å². The Morgan fingerprint density at radius 2 is 1.88 bits per heavy atom. The summed E-state index contributed by atoms with van der Waals surface area (Å²) in [7, 11) is 0. The molecule has 7 nitrogen and oxygen atoms in total. The number of ether oxygens (including phenoxy) is 1. The molecule has 1 aromatic rings. The van der Waals surface area contributed by atoms with E-state index in [4.69, 9.17) is 4.74 Å². The number of anilines is 1. The first-order chi connectivity index (χ1) is 11.2. The topological polar surface area (TPSA) is 75.9 Å². The Labute approximate surface area is 142 Å². The van der Waals surface area contributed by atoms with Gasteiger partial charge in [0.25, 0.3) is 0 Å². The van der Waals surface area contributed by atoms with Crippen LogP contribution in [0.2, 0.25) is 0 Å². The molecule has 0 N–H and O–H groups in total. The van der Waals surface area contributed by atoms with Crippen molar-refractivity contribution in [2.24, 2.45) is 5.41 Å². The summed E-state index contributed by atoms with van der Waals surface area (Å²) in [6.45, 7) is 10.6. The predicted octanol–water partition coefficient (Wildman–Crippen LogP) is 2.69.